The maximum absolute atomic E-state index is 10.4. The lowest BCUT2D eigenvalue weighted by Gasteiger charge is -2.40. The number of anilines is 1. The minimum Gasteiger partial charge on any atom is -0.490 e. The Morgan fingerprint density at radius 3 is 2.31 bits per heavy atom. The third-order valence-corrected chi connectivity index (χ3v) is 6.56. The SMILES string of the molecule is Nc1ccc(C2O[C@H](CO)[C@@H](O)[C@H](O)[C@H]2O)cc1Cc1ccc(OC2CCCCC2)cc1. The maximum Gasteiger partial charge on any atom is 0.119 e. The van der Waals surface area contributed by atoms with Gasteiger partial charge in [0.15, 0.2) is 0 Å². The van der Waals surface area contributed by atoms with Gasteiger partial charge in [-0.05, 0) is 67.0 Å². The Balaban J connectivity index is 1.47. The van der Waals surface area contributed by atoms with Gasteiger partial charge >= 0.3 is 0 Å². The lowest BCUT2D eigenvalue weighted by atomic mass is 9.89. The number of hydrogen-bond donors (Lipinski definition) is 5. The second-order valence-corrected chi connectivity index (χ2v) is 8.91. The Hall–Kier alpha value is -2.16. The van der Waals surface area contributed by atoms with E-state index < -0.39 is 37.1 Å². The van der Waals surface area contributed by atoms with Crippen LogP contribution in [0.15, 0.2) is 42.5 Å². The highest BCUT2D eigenvalue weighted by Gasteiger charge is 2.44. The summed E-state index contributed by atoms with van der Waals surface area (Å²) in [7, 11) is 0. The molecule has 1 saturated heterocycles. The quantitative estimate of drug-likeness (QED) is 0.433. The fraction of sp³-hybridized carbons (Fsp3) is 0.520. The van der Waals surface area contributed by atoms with E-state index in [9.17, 15) is 20.4 Å². The largest absolute Gasteiger partial charge is 0.490 e. The molecule has 4 rings (SSSR count). The van der Waals surface area contributed by atoms with Crippen molar-refractivity contribution >= 4 is 5.69 Å². The van der Waals surface area contributed by atoms with Crippen molar-refractivity contribution in [3.05, 3.63) is 59.2 Å². The first-order valence-electron chi connectivity index (χ1n) is 11.4. The minimum atomic E-state index is -1.41. The summed E-state index contributed by atoms with van der Waals surface area (Å²) in [6.45, 7) is -0.460. The smallest absolute Gasteiger partial charge is 0.119 e. The number of aliphatic hydroxyl groups is 4. The van der Waals surface area contributed by atoms with Crippen molar-refractivity contribution in [1.82, 2.24) is 0 Å². The lowest BCUT2D eigenvalue weighted by Crippen LogP contribution is -2.55. The second kappa shape index (κ2) is 10.2. The van der Waals surface area contributed by atoms with Crippen LogP contribution in [0.25, 0.3) is 0 Å². The molecule has 174 valence electrons. The Morgan fingerprint density at radius 2 is 1.62 bits per heavy atom. The van der Waals surface area contributed by atoms with Crippen LogP contribution in [0, 0.1) is 0 Å². The standard InChI is InChI=1S/C25H33NO6/c26-20-11-8-16(25-24(30)23(29)22(28)21(14-27)32-25)13-17(20)12-15-6-9-19(10-7-15)31-18-4-2-1-3-5-18/h6-11,13,18,21-25,27-30H,1-5,12,14,26H2/t21-,22-,23+,24-,25?/m1/s1. The van der Waals surface area contributed by atoms with Crippen LogP contribution in [0.2, 0.25) is 0 Å². The second-order valence-electron chi connectivity index (χ2n) is 8.91. The van der Waals surface area contributed by atoms with E-state index in [1.807, 2.05) is 30.3 Å². The van der Waals surface area contributed by atoms with Crippen molar-refractivity contribution in [2.45, 2.75) is 75.1 Å². The monoisotopic (exact) mass is 443 g/mol. The summed E-state index contributed by atoms with van der Waals surface area (Å²) in [5.41, 5.74) is 9.37. The molecule has 2 aromatic rings. The highest BCUT2D eigenvalue weighted by molar-refractivity contribution is 5.51. The summed E-state index contributed by atoms with van der Waals surface area (Å²) >= 11 is 0. The van der Waals surface area contributed by atoms with E-state index in [4.69, 9.17) is 15.2 Å². The van der Waals surface area contributed by atoms with Crippen LogP contribution < -0.4 is 10.5 Å². The van der Waals surface area contributed by atoms with Gasteiger partial charge in [-0.2, -0.15) is 0 Å². The zero-order valence-corrected chi connectivity index (χ0v) is 18.1. The fourth-order valence-corrected chi connectivity index (χ4v) is 4.61. The van der Waals surface area contributed by atoms with Crippen LogP contribution in [-0.2, 0) is 11.2 Å². The van der Waals surface area contributed by atoms with Crippen LogP contribution >= 0.6 is 0 Å². The Morgan fingerprint density at radius 1 is 0.906 bits per heavy atom. The van der Waals surface area contributed by atoms with Crippen molar-refractivity contribution in [2.24, 2.45) is 0 Å². The van der Waals surface area contributed by atoms with Crippen LogP contribution in [-0.4, -0.2) is 57.6 Å². The van der Waals surface area contributed by atoms with Crippen molar-refractivity contribution in [3.63, 3.8) is 0 Å². The van der Waals surface area contributed by atoms with Gasteiger partial charge in [-0.1, -0.05) is 30.7 Å². The molecule has 1 unspecified atom stereocenters. The van der Waals surface area contributed by atoms with Gasteiger partial charge in [0, 0.05) is 5.69 Å². The summed E-state index contributed by atoms with van der Waals surface area (Å²) in [6, 6.07) is 13.3. The number of benzene rings is 2. The van der Waals surface area contributed by atoms with Crippen molar-refractivity contribution < 1.29 is 29.9 Å². The molecule has 7 heteroatoms. The van der Waals surface area contributed by atoms with Gasteiger partial charge < -0.3 is 35.6 Å². The first-order chi connectivity index (χ1) is 15.5. The van der Waals surface area contributed by atoms with Gasteiger partial charge in [-0.3, -0.25) is 0 Å². The summed E-state index contributed by atoms with van der Waals surface area (Å²) < 4.78 is 11.8. The molecule has 1 heterocycles. The molecule has 2 aliphatic rings. The number of rotatable bonds is 6. The highest BCUT2D eigenvalue weighted by Crippen LogP contribution is 2.34. The van der Waals surface area contributed by atoms with E-state index >= 15 is 0 Å². The molecular weight excluding hydrogens is 410 g/mol. The van der Waals surface area contributed by atoms with Gasteiger partial charge in [-0.25, -0.2) is 0 Å². The maximum atomic E-state index is 10.4. The van der Waals surface area contributed by atoms with Crippen LogP contribution in [0.3, 0.4) is 0 Å². The van der Waals surface area contributed by atoms with Gasteiger partial charge in [0.1, 0.15) is 36.3 Å². The van der Waals surface area contributed by atoms with Gasteiger partial charge in [-0.15, -0.1) is 0 Å². The van der Waals surface area contributed by atoms with E-state index in [0.29, 0.717) is 23.8 Å². The number of aliphatic hydroxyl groups excluding tert-OH is 4. The highest BCUT2D eigenvalue weighted by atomic mass is 16.5. The predicted octanol–water partition coefficient (Wildman–Crippen LogP) is 2.09. The number of nitrogen functional groups attached to an aromatic ring is 1. The topological polar surface area (TPSA) is 125 Å². The molecule has 5 atom stereocenters. The van der Waals surface area contributed by atoms with Gasteiger partial charge in [0.2, 0.25) is 0 Å². The summed E-state index contributed by atoms with van der Waals surface area (Å²) in [6.07, 6.45) is 0.931. The number of hydrogen-bond acceptors (Lipinski definition) is 7. The summed E-state index contributed by atoms with van der Waals surface area (Å²) in [5.74, 6) is 0.878. The molecule has 0 amide bonds. The zero-order chi connectivity index (χ0) is 22.7. The number of nitrogens with two attached hydrogens (primary N) is 1. The normalized spacial score (nSPS) is 29.1. The molecule has 0 radical (unpaired) electrons. The average Bonchev–Trinajstić information content (AvgIpc) is 2.81. The van der Waals surface area contributed by atoms with E-state index in [1.54, 1.807) is 12.1 Å². The predicted molar refractivity (Wildman–Crippen MR) is 120 cm³/mol. The molecular formula is C25H33NO6. The Labute approximate surface area is 188 Å². The molecule has 0 aromatic heterocycles. The lowest BCUT2D eigenvalue weighted by molar-refractivity contribution is -0.231. The minimum absolute atomic E-state index is 0.306. The van der Waals surface area contributed by atoms with Crippen LogP contribution in [0.5, 0.6) is 5.75 Å². The van der Waals surface area contributed by atoms with Crippen molar-refractivity contribution in [2.75, 3.05) is 12.3 Å². The average molecular weight is 444 g/mol. The van der Waals surface area contributed by atoms with Crippen molar-refractivity contribution in [3.8, 4) is 5.75 Å². The molecule has 2 fully saturated rings. The molecule has 32 heavy (non-hydrogen) atoms. The Bertz CT molecular complexity index is 881. The Kier molecular flexibility index (Phi) is 7.33. The molecule has 2 aromatic carbocycles. The molecule has 1 saturated carbocycles. The van der Waals surface area contributed by atoms with Crippen LogP contribution in [0.1, 0.15) is 54.9 Å². The molecule has 0 spiro atoms. The third-order valence-electron chi connectivity index (χ3n) is 6.56. The molecule has 1 aliphatic carbocycles. The van der Waals surface area contributed by atoms with E-state index in [1.165, 1.54) is 19.3 Å². The molecule has 7 nitrogen and oxygen atoms in total. The summed E-state index contributed by atoms with van der Waals surface area (Å²) in [4.78, 5) is 0. The van der Waals surface area contributed by atoms with Crippen LogP contribution in [0.4, 0.5) is 5.69 Å². The molecule has 6 N–H and O–H groups in total. The van der Waals surface area contributed by atoms with Crippen molar-refractivity contribution in [1.29, 1.82) is 0 Å². The number of ether oxygens (including phenoxy) is 2. The summed E-state index contributed by atoms with van der Waals surface area (Å²) in [5, 5.41) is 40.0. The van der Waals surface area contributed by atoms with E-state index in [0.717, 1.165) is 29.7 Å². The van der Waals surface area contributed by atoms with E-state index in [-0.39, 0.29) is 0 Å². The van der Waals surface area contributed by atoms with Gasteiger partial charge in [0.05, 0.1) is 12.7 Å². The zero-order valence-electron chi connectivity index (χ0n) is 18.1. The first kappa shape index (κ1) is 23.0. The van der Waals surface area contributed by atoms with Gasteiger partial charge in [0.25, 0.3) is 0 Å². The molecule has 1 aliphatic heterocycles. The van der Waals surface area contributed by atoms with E-state index in [2.05, 4.69) is 0 Å². The first-order valence-corrected chi connectivity index (χ1v) is 11.4. The fourth-order valence-electron chi connectivity index (χ4n) is 4.61. The molecule has 0 bridgehead atoms. The third kappa shape index (κ3) is 5.08.